The lowest BCUT2D eigenvalue weighted by atomic mass is 9.90. The average Bonchev–Trinajstić information content (AvgIpc) is 3.48. The topological polar surface area (TPSA) is 67.5 Å². The van der Waals surface area contributed by atoms with Crippen LogP contribution in [0.4, 0.5) is 0 Å². The van der Waals surface area contributed by atoms with Crippen LogP contribution in [0, 0.1) is 0 Å². The van der Waals surface area contributed by atoms with Crippen LogP contribution in [0.25, 0.3) is 10.9 Å². The van der Waals surface area contributed by atoms with Crippen molar-refractivity contribution in [1.82, 2.24) is 15.6 Å². The third kappa shape index (κ3) is 4.78. The number of nitrogens with one attached hydrogen (secondary N) is 3. The van der Waals surface area contributed by atoms with Gasteiger partial charge in [-0.3, -0.25) is 0 Å². The molecule has 3 N–H and O–H groups in total. The molecular weight excluding hydrogens is 410 g/mol. The van der Waals surface area contributed by atoms with Gasteiger partial charge < -0.3 is 29.8 Å². The Bertz CT molecular complexity index is 1030. The first-order chi connectivity index (χ1) is 15.2. The van der Waals surface area contributed by atoms with E-state index in [4.69, 9.17) is 26.4 Å². The minimum atomic E-state index is 0.00341. The van der Waals surface area contributed by atoms with E-state index in [0.29, 0.717) is 17.4 Å². The van der Waals surface area contributed by atoms with E-state index in [2.05, 4.69) is 46.1 Å². The monoisotopic (exact) mass is 439 g/mol. The van der Waals surface area contributed by atoms with Crippen molar-refractivity contribution in [2.75, 3.05) is 33.9 Å². The summed E-state index contributed by atoms with van der Waals surface area (Å²) in [7, 11) is 3.33. The van der Waals surface area contributed by atoms with Gasteiger partial charge in [-0.2, -0.15) is 0 Å². The molecule has 2 atom stereocenters. The molecule has 0 aliphatic carbocycles. The Morgan fingerprint density at radius 3 is 2.77 bits per heavy atom. The highest BCUT2D eigenvalue weighted by Crippen LogP contribution is 2.40. The minimum absolute atomic E-state index is 0.00341. The fourth-order valence-electron chi connectivity index (χ4n) is 4.23. The number of H-pyrrole nitrogens is 1. The van der Waals surface area contributed by atoms with Crippen LogP contribution in [-0.4, -0.2) is 50.1 Å². The number of aromatic amines is 1. The van der Waals surface area contributed by atoms with Crippen molar-refractivity contribution in [3.63, 3.8) is 0 Å². The minimum Gasteiger partial charge on any atom is -0.493 e. The molecule has 0 bridgehead atoms. The van der Waals surface area contributed by atoms with Gasteiger partial charge in [-0.15, -0.1) is 0 Å². The maximum atomic E-state index is 5.75. The van der Waals surface area contributed by atoms with Crippen LogP contribution in [0.1, 0.15) is 29.9 Å². The zero-order valence-corrected chi connectivity index (χ0v) is 18.8. The fraction of sp³-hybridized carbons (Fsp3) is 0.375. The van der Waals surface area contributed by atoms with E-state index in [1.165, 1.54) is 10.9 Å². The van der Waals surface area contributed by atoms with Gasteiger partial charge in [-0.1, -0.05) is 30.3 Å². The Hall–Kier alpha value is -2.77. The SMILES string of the molecule is COc1cccc(C(CNC(=S)NCC2CCCO2)c2c[nH]c3ccccc23)c1OC. The van der Waals surface area contributed by atoms with Gasteiger partial charge in [0, 0.05) is 48.3 Å². The molecule has 1 aliphatic heterocycles. The van der Waals surface area contributed by atoms with Crippen molar-refractivity contribution in [2.45, 2.75) is 24.9 Å². The summed E-state index contributed by atoms with van der Waals surface area (Å²) < 4.78 is 17.0. The van der Waals surface area contributed by atoms with E-state index >= 15 is 0 Å². The van der Waals surface area contributed by atoms with Crippen LogP contribution in [0.2, 0.25) is 0 Å². The smallest absolute Gasteiger partial charge is 0.166 e. The molecule has 7 heteroatoms. The molecular formula is C24H29N3O3S. The van der Waals surface area contributed by atoms with Crippen LogP contribution >= 0.6 is 12.2 Å². The third-order valence-corrected chi connectivity index (χ3v) is 6.08. The third-order valence-electron chi connectivity index (χ3n) is 5.79. The van der Waals surface area contributed by atoms with E-state index < -0.39 is 0 Å². The summed E-state index contributed by atoms with van der Waals surface area (Å²) in [6.45, 7) is 2.18. The summed E-state index contributed by atoms with van der Waals surface area (Å²) in [6.07, 6.45) is 4.50. The number of methoxy groups -OCH3 is 2. The Balaban J connectivity index is 1.60. The van der Waals surface area contributed by atoms with E-state index in [1.807, 2.05) is 18.2 Å². The maximum absolute atomic E-state index is 5.75. The summed E-state index contributed by atoms with van der Waals surface area (Å²) in [5, 5.41) is 8.50. The number of fused-ring (bicyclic) bond motifs is 1. The number of thiocarbonyl (C=S) groups is 1. The number of ether oxygens (including phenoxy) is 3. The molecule has 1 fully saturated rings. The molecule has 1 aromatic heterocycles. The number of rotatable bonds is 8. The van der Waals surface area contributed by atoms with Gasteiger partial charge in [0.15, 0.2) is 16.6 Å². The van der Waals surface area contributed by atoms with Gasteiger partial charge in [-0.05, 0) is 42.8 Å². The van der Waals surface area contributed by atoms with Crippen LogP contribution in [0.5, 0.6) is 11.5 Å². The Labute approximate surface area is 188 Å². The molecule has 31 heavy (non-hydrogen) atoms. The molecule has 2 unspecified atom stereocenters. The second-order valence-corrected chi connectivity index (χ2v) is 8.06. The molecule has 0 spiro atoms. The lowest BCUT2D eigenvalue weighted by Crippen LogP contribution is -2.41. The standard InChI is InChI=1S/C24H29N3O3S/c1-28-22-11-5-9-18(23(22)29-2)20(19-14-25-21-10-4-3-8-17(19)21)15-27-24(31)26-13-16-7-6-12-30-16/h3-5,8-11,14,16,20,25H,6-7,12-13,15H2,1-2H3,(H2,26,27,31). The largest absolute Gasteiger partial charge is 0.493 e. The van der Waals surface area contributed by atoms with E-state index in [-0.39, 0.29) is 12.0 Å². The van der Waals surface area contributed by atoms with Crippen molar-refractivity contribution in [2.24, 2.45) is 0 Å². The van der Waals surface area contributed by atoms with E-state index in [0.717, 1.165) is 42.8 Å². The predicted octanol–water partition coefficient (Wildman–Crippen LogP) is 3.96. The van der Waals surface area contributed by atoms with Gasteiger partial charge in [0.1, 0.15) is 0 Å². The molecule has 164 valence electrons. The molecule has 2 aromatic carbocycles. The molecule has 1 aliphatic rings. The normalized spacial score (nSPS) is 16.8. The molecule has 0 radical (unpaired) electrons. The van der Waals surface area contributed by atoms with Crippen LogP contribution in [0.3, 0.4) is 0 Å². The molecule has 0 saturated carbocycles. The first-order valence-corrected chi connectivity index (χ1v) is 11.0. The highest BCUT2D eigenvalue weighted by Gasteiger charge is 2.24. The predicted molar refractivity (Wildman–Crippen MR) is 127 cm³/mol. The maximum Gasteiger partial charge on any atom is 0.166 e. The van der Waals surface area contributed by atoms with Crippen LogP contribution in [0.15, 0.2) is 48.7 Å². The van der Waals surface area contributed by atoms with E-state index in [1.54, 1.807) is 14.2 Å². The summed E-state index contributed by atoms with van der Waals surface area (Å²) in [5.74, 6) is 1.45. The van der Waals surface area contributed by atoms with Crippen molar-refractivity contribution >= 4 is 28.2 Å². The quantitative estimate of drug-likeness (QED) is 0.462. The molecule has 4 rings (SSSR count). The zero-order chi connectivity index (χ0) is 21.6. The molecule has 0 amide bonds. The lowest BCUT2D eigenvalue weighted by Gasteiger charge is -2.23. The second-order valence-electron chi connectivity index (χ2n) is 7.65. The zero-order valence-electron chi connectivity index (χ0n) is 17.9. The summed E-state index contributed by atoms with van der Waals surface area (Å²) in [6, 6.07) is 14.3. The highest BCUT2D eigenvalue weighted by molar-refractivity contribution is 7.80. The number of benzene rings is 2. The van der Waals surface area contributed by atoms with Crippen molar-refractivity contribution in [3.8, 4) is 11.5 Å². The first kappa shape index (κ1) is 21.5. The van der Waals surface area contributed by atoms with E-state index in [9.17, 15) is 0 Å². The molecule has 1 saturated heterocycles. The Kier molecular flexibility index (Phi) is 6.94. The van der Waals surface area contributed by atoms with Gasteiger partial charge >= 0.3 is 0 Å². The molecule has 6 nitrogen and oxygen atoms in total. The van der Waals surface area contributed by atoms with Crippen LogP contribution in [-0.2, 0) is 4.74 Å². The lowest BCUT2D eigenvalue weighted by molar-refractivity contribution is 0.114. The summed E-state index contributed by atoms with van der Waals surface area (Å²) in [4.78, 5) is 3.39. The van der Waals surface area contributed by atoms with Crippen molar-refractivity contribution in [1.29, 1.82) is 0 Å². The first-order valence-electron chi connectivity index (χ1n) is 10.6. The summed E-state index contributed by atoms with van der Waals surface area (Å²) in [5.41, 5.74) is 3.32. The van der Waals surface area contributed by atoms with Crippen molar-refractivity contribution in [3.05, 3.63) is 59.8 Å². The highest BCUT2D eigenvalue weighted by atomic mass is 32.1. The van der Waals surface area contributed by atoms with Crippen molar-refractivity contribution < 1.29 is 14.2 Å². The van der Waals surface area contributed by atoms with Crippen LogP contribution < -0.4 is 20.1 Å². The molecule has 3 aromatic rings. The van der Waals surface area contributed by atoms with Gasteiger partial charge in [-0.25, -0.2) is 0 Å². The van der Waals surface area contributed by atoms with Gasteiger partial charge in [0.25, 0.3) is 0 Å². The fourth-order valence-corrected chi connectivity index (χ4v) is 4.39. The number of aromatic nitrogens is 1. The number of para-hydroxylation sites is 2. The Morgan fingerprint density at radius 2 is 2.00 bits per heavy atom. The second kappa shape index (κ2) is 10.0. The number of hydrogen-bond acceptors (Lipinski definition) is 4. The summed E-state index contributed by atoms with van der Waals surface area (Å²) >= 11 is 5.55. The molecule has 2 heterocycles. The Morgan fingerprint density at radius 1 is 1.13 bits per heavy atom. The van der Waals surface area contributed by atoms with Gasteiger partial charge in [0.05, 0.1) is 20.3 Å². The van der Waals surface area contributed by atoms with Gasteiger partial charge in [0.2, 0.25) is 0 Å². The average molecular weight is 440 g/mol. The number of hydrogen-bond donors (Lipinski definition) is 3.